The fraction of sp³-hybridized carbons (Fsp3) is 0.292. The molecule has 9 heteroatoms. The lowest BCUT2D eigenvalue weighted by Gasteiger charge is -2.26. The van der Waals surface area contributed by atoms with Crippen LogP contribution in [0.5, 0.6) is 5.75 Å². The Hall–Kier alpha value is -3.85. The maximum atomic E-state index is 13.4. The van der Waals surface area contributed by atoms with E-state index >= 15 is 0 Å². The molecule has 2 aromatic heterocycles. The summed E-state index contributed by atoms with van der Waals surface area (Å²) in [6, 6.07) is 13.5. The molecule has 0 radical (unpaired) electrons. The number of nitrogens with zero attached hydrogens (tertiary/aromatic N) is 3. The summed E-state index contributed by atoms with van der Waals surface area (Å²) in [6.45, 7) is 0.374. The van der Waals surface area contributed by atoms with Gasteiger partial charge in [-0.05, 0) is 48.5 Å². The number of rotatable bonds is 9. The second kappa shape index (κ2) is 10.2. The third-order valence-corrected chi connectivity index (χ3v) is 5.36. The van der Waals surface area contributed by atoms with Gasteiger partial charge in [-0.1, -0.05) is 0 Å². The van der Waals surface area contributed by atoms with E-state index in [0.29, 0.717) is 35.0 Å². The molecule has 1 aliphatic heterocycles. The summed E-state index contributed by atoms with van der Waals surface area (Å²) in [7, 11) is 3.11. The first-order valence-corrected chi connectivity index (χ1v) is 10.5. The van der Waals surface area contributed by atoms with Crippen LogP contribution < -0.4 is 4.74 Å². The molecule has 1 atom stereocenters. The average molecular weight is 451 g/mol. The van der Waals surface area contributed by atoms with Gasteiger partial charge in [-0.2, -0.15) is 5.10 Å². The lowest BCUT2D eigenvalue weighted by atomic mass is 10.1. The zero-order chi connectivity index (χ0) is 23.2. The highest BCUT2D eigenvalue weighted by Crippen LogP contribution is 2.33. The lowest BCUT2D eigenvalue weighted by molar-refractivity contribution is -0.134. The fourth-order valence-electron chi connectivity index (χ4n) is 3.64. The molecule has 1 aromatic carbocycles. The molecule has 0 N–H and O–H groups in total. The molecule has 3 heterocycles. The van der Waals surface area contributed by atoms with Crippen molar-refractivity contribution in [1.29, 1.82) is 0 Å². The minimum Gasteiger partial charge on any atom is -0.497 e. The second-order valence-electron chi connectivity index (χ2n) is 7.45. The maximum Gasteiger partial charge on any atom is 0.262 e. The van der Waals surface area contributed by atoms with Crippen molar-refractivity contribution in [3.8, 4) is 5.75 Å². The van der Waals surface area contributed by atoms with Crippen molar-refractivity contribution < 1.29 is 27.9 Å². The van der Waals surface area contributed by atoms with E-state index in [4.69, 9.17) is 18.3 Å². The standard InChI is InChI=1S/C24H25N3O6/c1-30-14-11-26(24(29)17-7-9-18(31-2)10-8-17)16-23(28)27-20(22-6-4-13-33-22)15-19(25-27)21-5-3-12-32-21/h3-10,12-13,20H,11,14-16H2,1-2H3/t20-/m0/s1. The van der Waals surface area contributed by atoms with Crippen molar-refractivity contribution in [2.24, 2.45) is 5.10 Å². The molecule has 0 bridgehead atoms. The van der Waals surface area contributed by atoms with Crippen LogP contribution >= 0.6 is 0 Å². The van der Waals surface area contributed by atoms with Gasteiger partial charge in [-0.25, -0.2) is 5.01 Å². The quantitative estimate of drug-likeness (QED) is 0.495. The molecule has 0 aliphatic carbocycles. The number of furan rings is 2. The Labute approximate surface area is 191 Å². The predicted octanol–water partition coefficient (Wildman–Crippen LogP) is 3.35. The first kappa shape index (κ1) is 22.3. The van der Waals surface area contributed by atoms with E-state index in [1.807, 2.05) is 0 Å². The Morgan fingerprint density at radius 1 is 1.09 bits per heavy atom. The molecular weight excluding hydrogens is 426 g/mol. The van der Waals surface area contributed by atoms with Gasteiger partial charge in [0.2, 0.25) is 0 Å². The monoisotopic (exact) mass is 451 g/mol. The van der Waals surface area contributed by atoms with Crippen molar-refractivity contribution >= 4 is 17.5 Å². The summed E-state index contributed by atoms with van der Waals surface area (Å²) in [4.78, 5) is 28.0. The Bertz CT molecular complexity index is 1090. The summed E-state index contributed by atoms with van der Waals surface area (Å²) < 4.78 is 21.3. The van der Waals surface area contributed by atoms with Crippen molar-refractivity contribution in [1.82, 2.24) is 9.91 Å². The summed E-state index contributed by atoms with van der Waals surface area (Å²) in [5.41, 5.74) is 1.09. The van der Waals surface area contributed by atoms with Gasteiger partial charge in [0.1, 0.15) is 35.6 Å². The highest BCUT2D eigenvalue weighted by molar-refractivity contribution is 6.02. The smallest absolute Gasteiger partial charge is 0.262 e. The van der Waals surface area contributed by atoms with Crippen LogP contribution in [-0.2, 0) is 9.53 Å². The number of benzene rings is 1. The molecule has 1 aliphatic rings. The van der Waals surface area contributed by atoms with Crippen molar-refractivity contribution in [2.45, 2.75) is 12.5 Å². The molecule has 3 aromatic rings. The van der Waals surface area contributed by atoms with Crippen LogP contribution in [0.2, 0.25) is 0 Å². The van der Waals surface area contributed by atoms with Gasteiger partial charge in [0.15, 0.2) is 0 Å². The number of carbonyl (C=O) groups is 2. The van der Waals surface area contributed by atoms with E-state index in [9.17, 15) is 9.59 Å². The van der Waals surface area contributed by atoms with E-state index < -0.39 is 6.04 Å². The number of hydrogen-bond donors (Lipinski definition) is 0. The fourth-order valence-corrected chi connectivity index (χ4v) is 3.64. The van der Waals surface area contributed by atoms with Crippen LogP contribution in [0.25, 0.3) is 0 Å². The SMILES string of the molecule is COCCN(CC(=O)N1N=C(c2ccco2)C[C@H]1c1ccco1)C(=O)c1ccc(OC)cc1. The van der Waals surface area contributed by atoms with E-state index in [2.05, 4.69) is 5.10 Å². The summed E-state index contributed by atoms with van der Waals surface area (Å²) in [5, 5.41) is 5.89. The molecular formula is C24H25N3O6. The zero-order valence-electron chi connectivity index (χ0n) is 18.5. The van der Waals surface area contributed by atoms with Crippen molar-refractivity contribution in [3.63, 3.8) is 0 Å². The number of amides is 2. The highest BCUT2D eigenvalue weighted by atomic mass is 16.5. The number of methoxy groups -OCH3 is 2. The molecule has 0 unspecified atom stereocenters. The van der Waals surface area contributed by atoms with Crippen LogP contribution in [0.1, 0.15) is 34.3 Å². The van der Waals surface area contributed by atoms with Crippen LogP contribution in [0.3, 0.4) is 0 Å². The Morgan fingerprint density at radius 2 is 1.85 bits per heavy atom. The van der Waals surface area contributed by atoms with Crippen LogP contribution in [0.15, 0.2) is 75.0 Å². The Balaban J connectivity index is 1.56. The van der Waals surface area contributed by atoms with E-state index in [1.165, 1.54) is 9.91 Å². The number of hydrazone groups is 1. The molecule has 0 spiro atoms. The molecule has 172 valence electrons. The molecule has 0 fully saturated rings. The molecule has 2 amide bonds. The zero-order valence-corrected chi connectivity index (χ0v) is 18.5. The van der Waals surface area contributed by atoms with Gasteiger partial charge >= 0.3 is 0 Å². The Kier molecular flexibility index (Phi) is 6.89. The third kappa shape index (κ3) is 4.98. The minimum atomic E-state index is -0.423. The number of carbonyl (C=O) groups excluding carboxylic acids is 2. The number of ether oxygens (including phenoxy) is 2. The van der Waals surface area contributed by atoms with Crippen LogP contribution in [0.4, 0.5) is 0 Å². The molecule has 9 nitrogen and oxygen atoms in total. The number of hydrogen-bond acceptors (Lipinski definition) is 7. The average Bonchev–Trinajstić information content (AvgIpc) is 3.62. The van der Waals surface area contributed by atoms with E-state index in [1.54, 1.807) is 75.3 Å². The van der Waals surface area contributed by atoms with Crippen LogP contribution in [0, 0.1) is 0 Å². The molecule has 0 saturated heterocycles. The van der Waals surface area contributed by atoms with Gasteiger partial charge in [-0.3, -0.25) is 9.59 Å². The first-order valence-electron chi connectivity index (χ1n) is 10.5. The topological polar surface area (TPSA) is 97.7 Å². The van der Waals surface area contributed by atoms with Gasteiger partial charge in [0.25, 0.3) is 11.8 Å². The van der Waals surface area contributed by atoms with Gasteiger partial charge in [0.05, 0.1) is 26.2 Å². The highest BCUT2D eigenvalue weighted by Gasteiger charge is 2.36. The third-order valence-electron chi connectivity index (χ3n) is 5.36. The van der Waals surface area contributed by atoms with Gasteiger partial charge < -0.3 is 23.2 Å². The molecule has 0 saturated carbocycles. The van der Waals surface area contributed by atoms with Crippen molar-refractivity contribution in [2.75, 3.05) is 33.9 Å². The minimum absolute atomic E-state index is 0.166. The van der Waals surface area contributed by atoms with Crippen molar-refractivity contribution in [3.05, 3.63) is 78.1 Å². The Morgan fingerprint density at radius 3 is 2.48 bits per heavy atom. The lowest BCUT2D eigenvalue weighted by Crippen LogP contribution is -2.42. The van der Waals surface area contributed by atoms with E-state index in [-0.39, 0.29) is 31.5 Å². The summed E-state index contributed by atoms with van der Waals surface area (Å²) >= 11 is 0. The summed E-state index contributed by atoms with van der Waals surface area (Å²) in [6.07, 6.45) is 3.56. The van der Waals surface area contributed by atoms with E-state index in [0.717, 1.165) is 0 Å². The van der Waals surface area contributed by atoms with Gasteiger partial charge in [-0.15, -0.1) is 0 Å². The first-order chi connectivity index (χ1) is 16.1. The second-order valence-corrected chi connectivity index (χ2v) is 7.45. The predicted molar refractivity (Wildman–Crippen MR) is 119 cm³/mol. The normalized spacial score (nSPS) is 15.4. The largest absolute Gasteiger partial charge is 0.497 e. The summed E-state index contributed by atoms with van der Waals surface area (Å²) in [5.74, 6) is 1.22. The van der Waals surface area contributed by atoms with Crippen LogP contribution in [-0.4, -0.2) is 61.4 Å². The van der Waals surface area contributed by atoms with Gasteiger partial charge in [0, 0.05) is 25.6 Å². The maximum absolute atomic E-state index is 13.4. The molecule has 4 rings (SSSR count). The molecule has 33 heavy (non-hydrogen) atoms.